The van der Waals surface area contributed by atoms with Crippen LogP contribution in [0.1, 0.15) is 0 Å². The quantitative estimate of drug-likeness (QED) is 0.808. The van der Waals surface area contributed by atoms with E-state index in [1.54, 1.807) is 6.20 Å². The van der Waals surface area contributed by atoms with Crippen molar-refractivity contribution in [3.63, 3.8) is 0 Å². The van der Waals surface area contributed by atoms with Gasteiger partial charge in [0.1, 0.15) is 18.2 Å². The number of nitrogens with two attached hydrogens (primary N) is 1. The molecule has 2 rings (SSSR count). The predicted molar refractivity (Wildman–Crippen MR) is 90.6 cm³/mol. The number of rotatable bonds is 5. The van der Waals surface area contributed by atoms with Gasteiger partial charge < -0.3 is 20.3 Å². The maximum Gasteiger partial charge on any atom is 0.137 e. The van der Waals surface area contributed by atoms with Crippen molar-refractivity contribution in [3.05, 3.63) is 18.3 Å². The lowest BCUT2D eigenvalue weighted by atomic mass is 10.3. The first-order valence-corrected chi connectivity index (χ1v) is 7.96. The van der Waals surface area contributed by atoms with E-state index in [4.69, 9.17) is 10.5 Å². The van der Waals surface area contributed by atoms with Crippen molar-refractivity contribution in [1.29, 1.82) is 0 Å². The maximum atomic E-state index is 5.71. The van der Waals surface area contributed by atoms with Crippen LogP contribution in [0.5, 0.6) is 5.75 Å². The minimum atomic E-state index is -0.171. The van der Waals surface area contributed by atoms with Crippen LogP contribution in [-0.4, -0.2) is 61.2 Å². The third-order valence-corrected chi connectivity index (χ3v) is 4.24. The molecule has 112 valence electrons. The van der Waals surface area contributed by atoms with Gasteiger partial charge in [0, 0.05) is 37.6 Å². The number of aromatic nitrogens is 1. The summed E-state index contributed by atoms with van der Waals surface area (Å²) in [4.78, 5) is 8.96. The van der Waals surface area contributed by atoms with Gasteiger partial charge in [-0.15, -0.1) is 18.5 Å². The molecule has 0 aliphatic carbocycles. The second kappa shape index (κ2) is 7.00. The Kier molecular flexibility index (Phi) is 5.57. The van der Waals surface area contributed by atoms with Crippen molar-refractivity contribution in [1.82, 2.24) is 9.88 Å². The van der Waals surface area contributed by atoms with E-state index in [1.807, 2.05) is 12.1 Å². The number of piperazine rings is 1. The number of ether oxygens (including phenoxy) is 1. The van der Waals surface area contributed by atoms with Crippen LogP contribution in [0.3, 0.4) is 0 Å². The number of nitrogens with zero attached hydrogens (tertiary/aromatic N) is 3. The zero-order valence-electron chi connectivity index (χ0n) is 12.0. The molecule has 2 N–H and O–H groups in total. The second-order valence-electron chi connectivity index (χ2n) is 5.37. The molecule has 0 aromatic carbocycles. The fraction of sp³-hybridized carbons (Fsp3) is 0.615. The van der Waals surface area contributed by atoms with Crippen molar-refractivity contribution in [2.75, 3.05) is 51.3 Å². The summed E-state index contributed by atoms with van der Waals surface area (Å²) in [7, 11) is 7.55. The van der Waals surface area contributed by atoms with Gasteiger partial charge in [-0.1, -0.05) is 0 Å². The Hall–Kier alpha value is -0.470. The molecule has 5 nitrogen and oxygen atoms in total. The standard InChI is InChI=1S/C13H24N4OP2/c1-16-4-6-17(7-5-16)12-3-2-11(8-15-12)18-10-13(19,20)9-14/h2-3,8H,4-7,9-10,14,19-20H2,1H3. The Labute approximate surface area is 125 Å². The van der Waals surface area contributed by atoms with Crippen LogP contribution >= 0.6 is 18.5 Å². The highest BCUT2D eigenvalue weighted by Crippen LogP contribution is 2.26. The van der Waals surface area contributed by atoms with E-state index in [2.05, 4.69) is 40.3 Å². The highest BCUT2D eigenvalue weighted by Gasteiger charge is 2.18. The predicted octanol–water partition coefficient (Wildman–Crippen LogP) is 0.617. The van der Waals surface area contributed by atoms with Crippen LogP contribution in [0.25, 0.3) is 0 Å². The lowest BCUT2D eigenvalue weighted by Gasteiger charge is -2.33. The molecule has 0 saturated carbocycles. The molecule has 20 heavy (non-hydrogen) atoms. The summed E-state index contributed by atoms with van der Waals surface area (Å²) in [6, 6.07) is 4.00. The van der Waals surface area contributed by atoms with E-state index in [0.717, 1.165) is 37.7 Å². The lowest BCUT2D eigenvalue weighted by molar-refractivity contribution is 0.305. The summed E-state index contributed by atoms with van der Waals surface area (Å²) < 4.78 is 5.71. The second-order valence-corrected chi connectivity index (χ2v) is 8.33. The minimum absolute atomic E-state index is 0.171. The molecule has 7 heteroatoms. The van der Waals surface area contributed by atoms with Crippen LogP contribution in [0.2, 0.25) is 0 Å². The molecule has 1 fully saturated rings. The molecule has 1 saturated heterocycles. The zero-order valence-corrected chi connectivity index (χ0v) is 14.3. The topological polar surface area (TPSA) is 54.6 Å². The molecule has 2 atom stereocenters. The van der Waals surface area contributed by atoms with Gasteiger partial charge in [0.15, 0.2) is 0 Å². The van der Waals surface area contributed by atoms with Crippen LogP contribution in [0.4, 0.5) is 5.82 Å². The number of hydrogen-bond acceptors (Lipinski definition) is 5. The van der Waals surface area contributed by atoms with Gasteiger partial charge in [-0.3, -0.25) is 0 Å². The number of likely N-dealkylation sites (N-methyl/N-ethyl adjacent to an activating group) is 1. The van der Waals surface area contributed by atoms with Crippen molar-refractivity contribution in [2.45, 2.75) is 4.90 Å². The molecule has 1 aliphatic heterocycles. The summed E-state index contributed by atoms with van der Waals surface area (Å²) in [5, 5.41) is 0. The molecule has 1 aromatic rings. The van der Waals surface area contributed by atoms with Crippen LogP contribution in [-0.2, 0) is 0 Å². The summed E-state index contributed by atoms with van der Waals surface area (Å²) >= 11 is 0. The lowest BCUT2D eigenvalue weighted by Crippen LogP contribution is -2.44. The smallest absolute Gasteiger partial charge is 0.137 e. The molecule has 1 aromatic heterocycles. The first-order chi connectivity index (χ1) is 9.50. The van der Waals surface area contributed by atoms with Crippen molar-refractivity contribution in [3.8, 4) is 5.75 Å². The fourth-order valence-corrected chi connectivity index (χ4v) is 2.12. The van der Waals surface area contributed by atoms with E-state index in [0.29, 0.717) is 13.2 Å². The van der Waals surface area contributed by atoms with E-state index < -0.39 is 0 Å². The first kappa shape index (κ1) is 15.9. The van der Waals surface area contributed by atoms with Crippen LogP contribution < -0.4 is 15.4 Å². The van der Waals surface area contributed by atoms with E-state index in [9.17, 15) is 0 Å². The zero-order chi connectivity index (χ0) is 14.6. The Morgan fingerprint density at radius 1 is 1.30 bits per heavy atom. The van der Waals surface area contributed by atoms with Gasteiger partial charge in [-0.25, -0.2) is 4.98 Å². The summed E-state index contributed by atoms with van der Waals surface area (Å²) in [6.07, 6.45) is 1.79. The maximum absolute atomic E-state index is 5.71. The molecule has 2 unspecified atom stereocenters. The number of anilines is 1. The molecule has 2 heterocycles. The van der Waals surface area contributed by atoms with Crippen LogP contribution in [0.15, 0.2) is 18.3 Å². The van der Waals surface area contributed by atoms with Crippen molar-refractivity contribution < 1.29 is 4.74 Å². The number of hydrogen-bond donors (Lipinski definition) is 1. The SMILES string of the molecule is CN1CCN(c2ccc(OCC(P)(P)CN)cn2)CC1. The molecule has 0 amide bonds. The largest absolute Gasteiger partial charge is 0.491 e. The van der Waals surface area contributed by atoms with Gasteiger partial charge in [0.2, 0.25) is 0 Å². The molecule has 0 spiro atoms. The van der Waals surface area contributed by atoms with E-state index in [-0.39, 0.29) is 4.90 Å². The Morgan fingerprint density at radius 2 is 2.00 bits per heavy atom. The molecular weight excluding hydrogens is 290 g/mol. The summed E-state index contributed by atoms with van der Waals surface area (Å²) in [5.41, 5.74) is 5.66. The first-order valence-electron chi connectivity index (χ1n) is 6.80. The van der Waals surface area contributed by atoms with Crippen molar-refractivity contribution >= 4 is 24.3 Å². The number of pyridine rings is 1. The van der Waals surface area contributed by atoms with Crippen molar-refractivity contribution in [2.24, 2.45) is 5.73 Å². The Bertz CT molecular complexity index is 419. The Balaban J connectivity index is 1.90. The van der Waals surface area contributed by atoms with Gasteiger partial charge in [0.25, 0.3) is 0 Å². The highest BCUT2D eigenvalue weighted by atomic mass is 31.1. The minimum Gasteiger partial charge on any atom is -0.491 e. The van der Waals surface area contributed by atoms with Crippen LogP contribution in [0, 0.1) is 0 Å². The third-order valence-electron chi connectivity index (χ3n) is 3.44. The van der Waals surface area contributed by atoms with Gasteiger partial charge in [-0.05, 0) is 19.2 Å². The van der Waals surface area contributed by atoms with E-state index in [1.165, 1.54) is 0 Å². The molecule has 0 bridgehead atoms. The molecule has 0 radical (unpaired) electrons. The monoisotopic (exact) mass is 314 g/mol. The Morgan fingerprint density at radius 3 is 2.55 bits per heavy atom. The normalized spacial score (nSPS) is 17.3. The van der Waals surface area contributed by atoms with Gasteiger partial charge in [-0.2, -0.15) is 0 Å². The summed E-state index contributed by atoms with van der Waals surface area (Å²) in [6.45, 7) is 5.29. The summed E-state index contributed by atoms with van der Waals surface area (Å²) in [5.74, 6) is 1.80. The molecule has 1 aliphatic rings. The highest BCUT2D eigenvalue weighted by molar-refractivity contribution is 7.40. The van der Waals surface area contributed by atoms with Gasteiger partial charge >= 0.3 is 0 Å². The average Bonchev–Trinajstić information content (AvgIpc) is 2.47. The van der Waals surface area contributed by atoms with Gasteiger partial charge in [0.05, 0.1) is 6.20 Å². The third kappa shape index (κ3) is 4.53. The average molecular weight is 314 g/mol. The fourth-order valence-electron chi connectivity index (χ4n) is 1.96. The molecular formula is C13H24N4OP2. The van der Waals surface area contributed by atoms with E-state index >= 15 is 0 Å².